The van der Waals surface area contributed by atoms with Crippen LogP contribution in [0.3, 0.4) is 0 Å². The van der Waals surface area contributed by atoms with Crippen LogP contribution in [0.1, 0.15) is 19.3 Å². The standard InChI is InChI=1S/C6H10N2O/c7-5-8-4-2-1-3-6(8)9/h6,9H,1-4H2. The van der Waals surface area contributed by atoms with Gasteiger partial charge in [0.1, 0.15) is 6.23 Å². The number of aliphatic hydroxyl groups excluding tert-OH is 1. The smallest absolute Gasteiger partial charge is 0.181 e. The first-order chi connectivity index (χ1) is 4.34. The second-order valence-corrected chi connectivity index (χ2v) is 2.27. The third-order valence-electron chi connectivity index (χ3n) is 1.60. The summed E-state index contributed by atoms with van der Waals surface area (Å²) in [6.45, 7) is 0.720. The van der Waals surface area contributed by atoms with Gasteiger partial charge in [-0.3, -0.25) is 4.90 Å². The van der Waals surface area contributed by atoms with Crippen molar-refractivity contribution in [1.82, 2.24) is 4.90 Å². The van der Waals surface area contributed by atoms with E-state index in [2.05, 4.69) is 0 Å². The third kappa shape index (κ3) is 1.33. The molecule has 1 saturated heterocycles. The average molecular weight is 126 g/mol. The summed E-state index contributed by atoms with van der Waals surface area (Å²) < 4.78 is 0. The van der Waals surface area contributed by atoms with E-state index in [1.54, 1.807) is 0 Å². The first-order valence-electron chi connectivity index (χ1n) is 3.19. The molecule has 0 spiro atoms. The number of nitrogens with zero attached hydrogens (tertiary/aromatic N) is 2. The second-order valence-electron chi connectivity index (χ2n) is 2.27. The Hall–Kier alpha value is -0.750. The Kier molecular flexibility index (Phi) is 1.91. The Bertz CT molecular complexity index is 130. The summed E-state index contributed by atoms with van der Waals surface area (Å²) in [6.07, 6.45) is 4.24. The Labute approximate surface area is 54.5 Å². The van der Waals surface area contributed by atoms with Crippen molar-refractivity contribution in [2.45, 2.75) is 25.5 Å². The SMILES string of the molecule is N#CN1CCCCC1O. The minimum atomic E-state index is -0.510. The fourth-order valence-corrected chi connectivity index (χ4v) is 1.03. The van der Waals surface area contributed by atoms with Crippen LogP contribution in [0.15, 0.2) is 0 Å². The van der Waals surface area contributed by atoms with Gasteiger partial charge in [-0.1, -0.05) is 0 Å². The van der Waals surface area contributed by atoms with Crippen molar-refractivity contribution in [3.63, 3.8) is 0 Å². The van der Waals surface area contributed by atoms with Gasteiger partial charge >= 0.3 is 0 Å². The lowest BCUT2D eigenvalue weighted by Crippen LogP contribution is -2.35. The monoisotopic (exact) mass is 126 g/mol. The number of likely N-dealkylation sites (tertiary alicyclic amines) is 1. The molecule has 3 nitrogen and oxygen atoms in total. The molecular weight excluding hydrogens is 116 g/mol. The van der Waals surface area contributed by atoms with Crippen molar-refractivity contribution >= 4 is 0 Å². The highest BCUT2D eigenvalue weighted by Gasteiger charge is 2.17. The van der Waals surface area contributed by atoms with Gasteiger partial charge < -0.3 is 5.11 Å². The van der Waals surface area contributed by atoms with Crippen LogP contribution in [0, 0.1) is 11.5 Å². The lowest BCUT2D eigenvalue weighted by molar-refractivity contribution is 0.0147. The molecule has 1 heterocycles. The van der Waals surface area contributed by atoms with Crippen molar-refractivity contribution < 1.29 is 5.11 Å². The van der Waals surface area contributed by atoms with Crippen LogP contribution in [0.25, 0.3) is 0 Å². The predicted octanol–water partition coefficient (Wildman–Crippen LogP) is 0.272. The largest absolute Gasteiger partial charge is 0.373 e. The molecule has 3 heteroatoms. The Morgan fingerprint density at radius 2 is 2.33 bits per heavy atom. The zero-order chi connectivity index (χ0) is 6.69. The molecule has 1 N–H and O–H groups in total. The van der Waals surface area contributed by atoms with Gasteiger partial charge in [-0.25, -0.2) is 0 Å². The van der Waals surface area contributed by atoms with E-state index < -0.39 is 6.23 Å². The van der Waals surface area contributed by atoms with Gasteiger partial charge in [0, 0.05) is 6.54 Å². The molecule has 0 aromatic heterocycles. The number of hydrogen-bond donors (Lipinski definition) is 1. The van der Waals surface area contributed by atoms with Gasteiger partial charge in [0.25, 0.3) is 0 Å². The molecule has 1 rings (SSSR count). The maximum atomic E-state index is 9.07. The normalized spacial score (nSPS) is 27.6. The first-order valence-corrected chi connectivity index (χ1v) is 3.19. The summed E-state index contributed by atoms with van der Waals surface area (Å²) in [5.41, 5.74) is 0. The van der Waals surface area contributed by atoms with Crippen LogP contribution >= 0.6 is 0 Å². The molecule has 0 bridgehead atoms. The summed E-state index contributed by atoms with van der Waals surface area (Å²) in [5.74, 6) is 0. The van der Waals surface area contributed by atoms with Gasteiger partial charge in [0.2, 0.25) is 0 Å². The first kappa shape index (κ1) is 6.37. The van der Waals surface area contributed by atoms with E-state index in [1.807, 2.05) is 6.19 Å². The number of nitriles is 1. The Morgan fingerprint density at radius 3 is 2.78 bits per heavy atom. The molecule has 0 aromatic carbocycles. The molecule has 1 aliphatic rings. The van der Waals surface area contributed by atoms with E-state index in [4.69, 9.17) is 10.4 Å². The number of hydrogen-bond acceptors (Lipinski definition) is 3. The lowest BCUT2D eigenvalue weighted by Gasteiger charge is -2.26. The van der Waals surface area contributed by atoms with Crippen molar-refractivity contribution in [2.75, 3.05) is 6.54 Å². The van der Waals surface area contributed by atoms with Gasteiger partial charge in [-0.15, -0.1) is 0 Å². The Balaban J connectivity index is 2.41. The van der Waals surface area contributed by atoms with Crippen LogP contribution in [0.4, 0.5) is 0 Å². The zero-order valence-corrected chi connectivity index (χ0v) is 5.25. The van der Waals surface area contributed by atoms with Crippen LogP contribution in [0.5, 0.6) is 0 Å². The molecule has 50 valence electrons. The molecular formula is C6H10N2O. The van der Waals surface area contributed by atoms with E-state index in [1.165, 1.54) is 4.90 Å². The summed E-state index contributed by atoms with van der Waals surface area (Å²) in [5, 5.41) is 17.4. The lowest BCUT2D eigenvalue weighted by atomic mass is 10.1. The summed E-state index contributed by atoms with van der Waals surface area (Å²) in [7, 11) is 0. The molecule has 1 unspecified atom stereocenters. The van der Waals surface area contributed by atoms with Crippen molar-refractivity contribution in [2.24, 2.45) is 0 Å². The van der Waals surface area contributed by atoms with E-state index >= 15 is 0 Å². The van der Waals surface area contributed by atoms with E-state index in [-0.39, 0.29) is 0 Å². The zero-order valence-electron chi connectivity index (χ0n) is 5.25. The van der Waals surface area contributed by atoms with E-state index in [9.17, 15) is 0 Å². The maximum absolute atomic E-state index is 9.07. The van der Waals surface area contributed by atoms with Crippen molar-refractivity contribution in [3.05, 3.63) is 0 Å². The quantitative estimate of drug-likeness (QED) is 0.474. The minimum absolute atomic E-state index is 0.510. The predicted molar refractivity (Wildman–Crippen MR) is 32.2 cm³/mol. The van der Waals surface area contributed by atoms with Crippen LogP contribution in [-0.2, 0) is 0 Å². The molecule has 0 aliphatic carbocycles. The van der Waals surface area contributed by atoms with E-state index in [0.717, 1.165) is 25.8 Å². The van der Waals surface area contributed by atoms with Crippen molar-refractivity contribution in [3.8, 4) is 6.19 Å². The Morgan fingerprint density at radius 1 is 1.56 bits per heavy atom. The fraction of sp³-hybridized carbons (Fsp3) is 0.833. The molecule has 9 heavy (non-hydrogen) atoms. The highest BCUT2D eigenvalue weighted by molar-refractivity contribution is 4.79. The number of aliphatic hydroxyl groups is 1. The topological polar surface area (TPSA) is 47.3 Å². The molecule has 0 aromatic rings. The molecule has 1 aliphatic heterocycles. The van der Waals surface area contributed by atoms with Gasteiger partial charge in [-0.2, -0.15) is 5.26 Å². The van der Waals surface area contributed by atoms with Gasteiger partial charge in [-0.05, 0) is 19.3 Å². The van der Waals surface area contributed by atoms with E-state index in [0.29, 0.717) is 0 Å². The number of rotatable bonds is 0. The molecule has 0 amide bonds. The van der Waals surface area contributed by atoms with Gasteiger partial charge in [0.05, 0.1) is 0 Å². The number of piperidine rings is 1. The van der Waals surface area contributed by atoms with Gasteiger partial charge in [0.15, 0.2) is 6.19 Å². The van der Waals surface area contributed by atoms with Crippen LogP contribution in [0.2, 0.25) is 0 Å². The van der Waals surface area contributed by atoms with Crippen LogP contribution in [-0.4, -0.2) is 22.8 Å². The fourth-order valence-electron chi connectivity index (χ4n) is 1.03. The summed E-state index contributed by atoms with van der Waals surface area (Å²) in [6, 6.07) is 0. The highest BCUT2D eigenvalue weighted by atomic mass is 16.3. The van der Waals surface area contributed by atoms with Crippen LogP contribution < -0.4 is 0 Å². The highest BCUT2D eigenvalue weighted by Crippen LogP contribution is 2.12. The molecule has 0 saturated carbocycles. The third-order valence-corrected chi connectivity index (χ3v) is 1.60. The summed E-state index contributed by atoms with van der Waals surface area (Å²) in [4.78, 5) is 1.42. The second kappa shape index (κ2) is 2.70. The molecule has 1 atom stereocenters. The van der Waals surface area contributed by atoms with Crippen molar-refractivity contribution in [1.29, 1.82) is 5.26 Å². The molecule has 0 radical (unpaired) electrons. The maximum Gasteiger partial charge on any atom is 0.181 e. The minimum Gasteiger partial charge on any atom is -0.373 e. The average Bonchev–Trinajstić information content (AvgIpc) is 1.89. The summed E-state index contributed by atoms with van der Waals surface area (Å²) >= 11 is 0. The molecule has 1 fully saturated rings.